The van der Waals surface area contributed by atoms with E-state index in [-0.39, 0.29) is 5.41 Å². The summed E-state index contributed by atoms with van der Waals surface area (Å²) >= 11 is 0. The van der Waals surface area contributed by atoms with Crippen LogP contribution < -0.4 is 0 Å². The molecule has 31 heavy (non-hydrogen) atoms. The van der Waals surface area contributed by atoms with Crippen LogP contribution in [0.15, 0.2) is 97.1 Å². The molecule has 0 heteroatoms. The van der Waals surface area contributed by atoms with Gasteiger partial charge >= 0.3 is 0 Å². The second kappa shape index (κ2) is 5.74. The van der Waals surface area contributed by atoms with Gasteiger partial charge in [0.25, 0.3) is 0 Å². The van der Waals surface area contributed by atoms with Gasteiger partial charge in [-0.2, -0.15) is 0 Å². The van der Waals surface area contributed by atoms with Crippen molar-refractivity contribution in [2.45, 2.75) is 19.3 Å². The van der Waals surface area contributed by atoms with Crippen molar-refractivity contribution < 1.29 is 0 Å². The van der Waals surface area contributed by atoms with E-state index in [1.54, 1.807) is 0 Å². The molecule has 0 spiro atoms. The minimum Gasteiger partial charge on any atom is -0.0616 e. The van der Waals surface area contributed by atoms with Gasteiger partial charge in [0, 0.05) is 5.41 Å². The summed E-state index contributed by atoms with van der Waals surface area (Å²) in [6.07, 6.45) is 0. The first kappa shape index (κ1) is 17.1. The minimum absolute atomic E-state index is 0.0268. The maximum Gasteiger partial charge on any atom is 0.0159 e. The topological polar surface area (TPSA) is 0 Å². The Morgan fingerprint density at radius 3 is 1.29 bits per heavy atom. The molecule has 6 aromatic carbocycles. The molecule has 0 aliphatic heterocycles. The van der Waals surface area contributed by atoms with Crippen LogP contribution in [0, 0.1) is 0 Å². The number of fused-ring (bicyclic) bond motifs is 11. The number of hydrogen-bond donors (Lipinski definition) is 0. The fourth-order valence-electron chi connectivity index (χ4n) is 5.90. The van der Waals surface area contributed by atoms with Crippen LogP contribution in [0.3, 0.4) is 0 Å². The summed E-state index contributed by atoms with van der Waals surface area (Å²) in [5, 5.41) is 10.7. The van der Waals surface area contributed by atoms with Crippen LogP contribution in [-0.4, -0.2) is 0 Å². The molecule has 0 saturated carbocycles. The van der Waals surface area contributed by atoms with Gasteiger partial charge in [-0.1, -0.05) is 111 Å². The van der Waals surface area contributed by atoms with E-state index in [1.165, 1.54) is 65.3 Å². The van der Waals surface area contributed by atoms with E-state index in [2.05, 4.69) is 111 Å². The maximum atomic E-state index is 2.38. The van der Waals surface area contributed by atoms with Crippen LogP contribution in [0.4, 0.5) is 0 Å². The second-order valence-corrected chi connectivity index (χ2v) is 9.37. The molecule has 0 saturated heterocycles. The predicted octanol–water partition coefficient (Wildman–Crippen LogP) is 8.61. The van der Waals surface area contributed by atoms with E-state index in [0.717, 1.165) is 0 Å². The van der Waals surface area contributed by atoms with E-state index in [4.69, 9.17) is 0 Å². The fourth-order valence-corrected chi connectivity index (χ4v) is 5.90. The molecule has 7 rings (SSSR count). The Balaban J connectivity index is 1.80. The number of hydrogen-bond acceptors (Lipinski definition) is 0. The first-order valence-electron chi connectivity index (χ1n) is 11.0. The van der Waals surface area contributed by atoms with Crippen molar-refractivity contribution in [2.24, 2.45) is 0 Å². The van der Waals surface area contributed by atoms with Crippen LogP contribution in [0.5, 0.6) is 0 Å². The van der Waals surface area contributed by atoms with Crippen LogP contribution in [0.1, 0.15) is 25.0 Å². The van der Waals surface area contributed by atoms with Crippen molar-refractivity contribution in [3.8, 4) is 11.1 Å². The lowest BCUT2D eigenvalue weighted by Gasteiger charge is -2.22. The monoisotopic (exact) mass is 394 g/mol. The average Bonchev–Trinajstić information content (AvgIpc) is 3.05. The van der Waals surface area contributed by atoms with Gasteiger partial charge in [-0.3, -0.25) is 0 Å². The molecule has 0 N–H and O–H groups in total. The minimum atomic E-state index is -0.0268. The lowest BCUT2D eigenvalue weighted by atomic mass is 9.81. The molecule has 1 aliphatic carbocycles. The molecule has 146 valence electrons. The zero-order chi connectivity index (χ0) is 20.7. The van der Waals surface area contributed by atoms with Gasteiger partial charge in [-0.25, -0.2) is 0 Å². The highest BCUT2D eigenvalue weighted by Crippen LogP contribution is 2.55. The van der Waals surface area contributed by atoms with Gasteiger partial charge in [0.2, 0.25) is 0 Å². The van der Waals surface area contributed by atoms with E-state index >= 15 is 0 Å². The van der Waals surface area contributed by atoms with Crippen molar-refractivity contribution in [2.75, 3.05) is 0 Å². The lowest BCUT2D eigenvalue weighted by molar-refractivity contribution is 0.661. The zero-order valence-electron chi connectivity index (χ0n) is 17.7. The number of benzene rings is 6. The summed E-state index contributed by atoms with van der Waals surface area (Å²) in [4.78, 5) is 0. The van der Waals surface area contributed by atoms with Crippen molar-refractivity contribution in [3.05, 3.63) is 108 Å². The Morgan fingerprint density at radius 1 is 0.419 bits per heavy atom. The Hall–Kier alpha value is -3.64. The quantitative estimate of drug-likeness (QED) is 0.226. The van der Waals surface area contributed by atoms with Gasteiger partial charge in [0.05, 0.1) is 0 Å². The van der Waals surface area contributed by atoms with Crippen LogP contribution >= 0.6 is 0 Å². The van der Waals surface area contributed by atoms with Gasteiger partial charge in [-0.15, -0.1) is 0 Å². The molecule has 0 bridgehead atoms. The highest BCUT2D eigenvalue weighted by molar-refractivity contribution is 6.23. The molecular formula is C31H22. The largest absolute Gasteiger partial charge is 0.0616 e. The highest BCUT2D eigenvalue weighted by Gasteiger charge is 2.38. The highest BCUT2D eigenvalue weighted by atomic mass is 14.4. The van der Waals surface area contributed by atoms with E-state index < -0.39 is 0 Å². The zero-order valence-corrected chi connectivity index (χ0v) is 17.7. The van der Waals surface area contributed by atoms with Crippen molar-refractivity contribution >= 4 is 43.1 Å². The summed E-state index contributed by atoms with van der Waals surface area (Å²) in [5.74, 6) is 0. The van der Waals surface area contributed by atoms with Gasteiger partial charge in [0.1, 0.15) is 0 Å². The standard InChI is InChI=1S/C31H22/c1-31(2)25-17-15-21-13-11-19-7-3-5-9-23(19)27(21)29(25)30-26(31)18-16-22-14-12-20-8-4-6-10-24(20)28(22)30/h3-18H,1-2H3. The molecule has 0 heterocycles. The van der Waals surface area contributed by atoms with Gasteiger partial charge < -0.3 is 0 Å². The maximum absolute atomic E-state index is 2.38. The van der Waals surface area contributed by atoms with Crippen molar-refractivity contribution in [3.63, 3.8) is 0 Å². The second-order valence-electron chi connectivity index (χ2n) is 9.37. The number of rotatable bonds is 0. The summed E-state index contributed by atoms with van der Waals surface area (Å²) < 4.78 is 0. The Labute approximate surface area is 181 Å². The van der Waals surface area contributed by atoms with Crippen molar-refractivity contribution in [1.82, 2.24) is 0 Å². The third kappa shape index (κ3) is 2.10. The Bertz CT molecular complexity index is 1570. The molecule has 6 aromatic rings. The Morgan fingerprint density at radius 2 is 0.806 bits per heavy atom. The van der Waals surface area contributed by atoms with Crippen LogP contribution in [-0.2, 0) is 5.41 Å². The normalized spacial score (nSPS) is 14.4. The molecule has 0 amide bonds. The Kier molecular flexibility index (Phi) is 3.16. The molecule has 0 unspecified atom stereocenters. The fraction of sp³-hybridized carbons (Fsp3) is 0.0968. The molecule has 0 fully saturated rings. The summed E-state index contributed by atoms with van der Waals surface area (Å²) in [5.41, 5.74) is 5.70. The predicted molar refractivity (Wildman–Crippen MR) is 134 cm³/mol. The lowest BCUT2D eigenvalue weighted by Crippen LogP contribution is -2.14. The van der Waals surface area contributed by atoms with Gasteiger partial charge in [-0.05, 0) is 65.3 Å². The van der Waals surface area contributed by atoms with E-state index in [9.17, 15) is 0 Å². The molecule has 0 radical (unpaired) electrons. The first-order chi connectivity index (χ1) is 15.1. The third-order valence-corrected chi connectivity index (χ3v) is 7.42. The van der Waals surface area contributed by atoms with E-state index in [1.807, 2.05) is 0 Å². The average molecular weight is 395 g/mol. The SMILES string of the molecule is CC1(C)c2ccc3ccc4ccccc4c3c2-c2c1ccc1ccc3ccccc3c21. The van der Waals surface area contributed by atoms with Crippen LogP contribution in [0.25, 0.3) is 54.2 Å². The molecule has 0 atom stereocenters. The third-order valence-electron chi connectivity index (χ3n) is 7.42. The summed E-state index contributed by atoms with van der Waals surface area (Å²) in [6.45, 7) is 4.76. The van der Waals surface area contributed by atoms with E-state index in [0.29, 0.717) is 0 Å². The molecule has 0 aromatic heterocycles. The smallest absolute Gasteiger partial charge is 0.0159 e. The van der Waals surface area contributed by atoms with Crippen molar-refractivity contribution in [1.29, 1.82) is 0 Å². The molecular weight excluding hydrogens is 372 g/mol. The molecule has 1 aliphatic rings. The van der Waals surface area contributed by atoms with Gasteiger partial charge in [0.15, 0.2) is 0 Å². The molecule has 0 nitrogen and oxygen atoms in total. The first-order valence-corrected chi connectivity index (χ1v) is 11.0. The summed E-state index contributed by atoms with van der Waals surface area (Å²) in [6, 6.07) is 36.1. The van der Waals surface area contributed by atoms with Crippen LogP contribution in [0.2, 0.25) is 0 Å². The summed E-state index contributed by atoms with van der Waals surface area (Å²) in [7, 11) is 0.